The summed E-state index contributed by atoms with van der Waals surface area (Å²) in [5, 5.41) is 3.12. The van der Waals surface area contributed by atoms with E-state index in [0.717, 1.165) is 36.0 Å². The van der Waals surface area contributed by atoms with Crippen LogP contribution in [0.25, 0.3) is 11.1 Å². The number of benzene rings is 2. The zero-order valence-electron chi connectivity index (χ0n) is 16.5. The number of nitrogens with one attached hydrogen (secondary N) is 2. The first-order chi connectivity index (χ1) is 14.6. The minimum absolute atomic E-state index is 0.0310. The van der Waals surface area contributed by atoms with E-state index in [1.165, 1.54) is 0 Å². The minimum Gasteiger partial charge on any atom is -0.454 e. The molecule has 5 rings (SSSR count). The Morgan fingerprint density at radius 3 is 2.90 bits per heavy atom. The van der Waals surface area contributed by atoms with Crippen LogP contribution in [0.4, 0.5) is 11.4 Å². The van der Waals surface area contributed by atoms with Crippen LogP contribution in [0.3, 0.4) is 0 Å². The summed E-state index contributed by atoms with van der Waals surface area (Å²) in [5.41, 5.74) is 2.89. The van der Waals surface area contributed by atoms with Gasteiger partial charge in [-0.05, 0) is 31.2 Å². The molecule has 30 heavy (non-hydrogen) atoms. The Labute approximate surface area is 172 Å². The van der Waals surface area contributed by atoms with Crippen molar-refractivity contribution in [1.29, 1.82) is 0 Å². The second-order valence-corrected chi connectivity index (χ2v) is 7.50. The fraction of sp³-hybridized carbons (Fsp3) is 0.333. The molecule has 1 atom stereocenters. The number of ether oxygens (including phenoxy) is 2. The molecule has 2 aromatic carbocycles. The summed E-state index contributed by atoms with van der Waals surface area (Å²) in [6.45, 7) is 4.61. The summed E-state index contributed by atoms with van der Waals surface area (Å²) in [7, 11) is 0. The molecule has 1 fully saturated rings. The maximum absolute atomic E-state index is 12.8. The number of fused-ring (bicyclic) bond motifs is 2. The highest BCUT2D eigenvalue weighted by Gasteiger charge is 2.28. The lowest BCUT2D eigenvalue weighted by molar-refractivity contribution is -0.131. The SMILES string of the molecule is C[C@@H]1CN(c2ccc3c(c2)OCO3)CCN1C(=O)CNc1ccc2[nH]c(=O)oc2c1. The quantitative estimate of drug-likeness (QED) is 0.679. The molecular weight excluding hydrogens is 388 g/mol. The van der Waals surface area contributed by atoms with Gasteiger partial charge in [0.15, 0.2) is 17.1 Å². The van der Waals surface area contributed by atoms with Gasteiger partial charge >= 0.3 is 5.76 Å². The number of amides is 1. The van der Waals surface area contributed by atoms with Gasteiger partial charge in [0.1, 0.15) is 0 Å². The monoisotopic (exact) mass is 410 g/mol. The van der Waals surface area contributed by atoms with E-state index >= 15 is 0 Å². The van der Waals surface area contributed by atoms with Crippen LogP contribution in [-0.2, 0) is 4.79 Å². The highest BCUT2D eigenvalue weighted by Crippen LogP contribution is 2.36. The van der Waals surface area contributed by atoms with Gasteiger partial charge in [0.05, 0.1) is 12.1 Å². The standard InChI is InChI=1S/C21H22N4O5/c1-13-11-24(15-3-5-17-19(9-15)29-12-28-17)6-7-25(13)20(26)10-22-14-2-4-16-18(8-14)30-21(27)23-16/h2-5,8-9,13,22H,6-7,10-12H2,1H3,(H,23,27)/t13-/m1/s1. The van der Waals surface area contributed by atoms with E-state index in [1.54, 1.807) is 12.1 Å². The fourth-order valence-corrected chi connectivity index (χ4v) is 3.98. The van der Waals surface area contributed by atoms with E-state index in [1.807, 2.05) is 29.2 Å². The number of hydrogen-bond acceptors (Lipinski definition) is 7. The highest BCUT2D eigenvalue weighted by atomic mass is 16.7. The maximum atomic E-state index is 12.8. The van der Waals surface area contributed by atoms with Crippen molar-refractivity contribution in [2.45, 2.75) is 13.0 Å². The van der Waals surface area contributed by atoms with Crippen molar-refractivity contribution in [3.8, 4) is 11.5 Å². The van der Waals surface area contributed by atoms with Crippen LogP contribution >= 0.6 is 0 Å². The Morgan fingerprint density at radius 1 is 1.17 bits per heavy atom. The third-order valence-corrected chi connectivity index (χ3v) is 5.53. The van der Waals surface area contributed by atoms with Crippen LogP contribution in [0.2, 0.25) is 0 Å². The molecular formula is C21H22N4O5. The molecule has 3 aromatic rings. The Morgan fingerprint density at radius 2 is 2.03 bits per heavy atom. The number of H-pyrrole nitrogens is 1. The summed E-state index contributed by atoms with van der Waals surface area (Å²) in [4.78, 5) is 30.8. The number of aromatic nitrogens is 1. The van der Waals surface area contributed by atoms with E-state index in [4.69, 9.17) is 13.9 Å². The van der Waals surface area contributed by atoms with Crippen LogP contribution in [-0.4, -0.2) is 54.8 Å². The molecule has 9 heteroatoms. The van der Waals surface area contributed by atoms with Crippen molar-refractivity contribution in [3.05, 3.63) is 46.9 Å². The molecule has 9 nitrogen and oxygen atoms in total. The average Bonchev–Trinajstić information content (AvgIpc) is 3.36. The molecule has 1 saturated heterocycles. The first kappa shape index (κ1) is 18.4. The molecule has 0 aliphatic carbocycles. The molecule has 0 radical (unpaired) electrons. The Hall–Kier alpha value is -3.62. The summed E-state index contributed by atoms with van der Waals surface area (Å²) in [6, 6.07) is 11.3. The van der Waals surface area contributed by atoms with Gasteiger partial charge in [-0.25, -0.2) is 4.79 Å². The third kappa shape index (κ3) is 3.42. The van der Waals surface area contributed by atoms with Gasteiger partial charge in [-0.2, -0.15) is 0 Å². The molecule has 0 spiro atoms. The molecule has 2 N–H and O–H groups in total. The smallest absolute Gasteiger partial charge is 0.417 e. The van der Waals surface area contributed by atoms with Gasteiger partial charge in [0.25, 0.3) is 0 Å². The van der Waals surface area contributed by atoms with E-state index in [2.05, 4.69) is 22.1 Å². The minimum atomic E-state index is -0.493. The largest absolute Gasteiger partial charge is 0.454 e. The lowest BCUT2D eigenvalue weighted by atomic mass is 10.1. The number of carbonyl (C=O) groups excluding carboxylic acids is 1. The molecule has 1 aromatic heterocycles. The number of aromatic amines is 1. The lowest BCUT2D eigenvalue weighted by Crippen LogP contribution is -2.55. The molecule has 1 amide bonds. The van der Waals surface area contributed by atoms with Crippen molar-refractivity contribution in [2.24, 2.45) is 0 Å². The van der Waals surface area contributed by atoms with Gasteiger partial charge in [-0.3, -0.25) is 9.78 Å². The van der Waals surface area contributed by atoms with E-state index in [9.17, 15) is 9.59 Å². The van der Waals surface area contributed by atoms with Crippen LogP contribution in [0.15, 0.2) is 45.6 Å². The highest BCUT2D eigenvalue weighted by molar-refractivity contribution is 5.83. The van der Waals surface area contributed by atoms with Crippen molar-refractivity contribution in [3.63, 3.8) is 0 Å². The van der Waals surface area contributed by atoms with Crippen molar-refractivity contribution in [1.82, 2.24) is 9.88 Å². The number of oxazole rings is 1. The van der Waals surface area contributed by atoms with Gasteiger partial charge < -0.3 is 29.0 Å². The molecule has 3 heterocycles. The number of carbonyl (C=O) groups is 1. The summed E-state index contributed by atoms with van der Waals surface area (Å²) >= 11 is 0. The van der Waals surface area contributed by atoms with Gasteiger partial charge in [-0.1, -0.05) is 0 Å². The van der Waals surface area contributed by atoms with Gasteiger partial charge in [0, 0.05) is 49.2 Å². The predicted octanol–water partition coefficient (Wildman–Crippen LogP) is 2.00. The second kappa shape index (κ2) is 7.33. The van der Waals surface area contributed by atoms with Crippen molar-refractivity contribution >= 4 is 28.4 Å². The number of anilines is 2. The van der Waals surface area contributed by atoms with Crippen LogP contribution in [0.1, 0.15) is 6.92 Å². The Bertz CT molecular complexity index is 1150. The average molecular weight is 410 g/mol. The third-order valence-electron chi connectivity index (χ3n) is 5.53. The number of nitrogens with zero attached hydrogens (tertiary/aromatic N) is 2. The van der Waals surface area contributed by atoms with Crippen LogP contribution in [0, 0.1) is 0 Å². The number of hydrogen-bond donors (Lipinski definition) is 2. The predicted molar refractivity (Wildman–Crippen MR) is 111 cm³/mol. The molecule has 0 saturated carbocycles. The van der Waals surface area contributed by atoms with Crippen LogP contribution < -0.4 is 25.4 Å². The summed E-state index contributed by atoms with van der Waals surface area (Å²) < 4.78 is 15.9. The van der Waals surface area contributed by atoms with Gasteiger partial charge in [-0.15, -0.1) is 0 Å². The molecule has 2 aliphatic rings. The van der Waals surface area contributed by atoms with E-state index < -0.39 is 5.76 Å². The zero-order chi connectivity index (χ0) is 20.7. The lowest BCUT2D eigenvalue weighted by Gasteiger charge is -2.41. The van der Waals surface area contributed by atoms with Gasteiger partial charge in [0.2, 0.25) is 12.7 Å². The summed E-state index contributed by atoms with van der Waals surface area (Å²) in [5.74, 6) is 1.07. The normalized spacial score (nSPS) is 18.1. The van der Waals surface area contributed by atoms with Crippen molar-refractivity contribution in [2.75, 3.05) is 43.2 Å². The Balaban J connectivity index is 1.20. The zero-order valence-corrected chi connectivity index (χ0v) is 16.5. The second-order valence-electron chi connectivity index (χ2n) is 7.50. The molecule has 0 unspecified atom stereocenters. The Kier molecular flexibility index (Phi) is 4.50. The maximum Gasteiger partial charge on any atom is 0.417 e. The van der Waals surface area contributed by atoms with Crippen LogP contribution in [0.5, 0.6) is 11.5 Å². The molecule has 0 bridgehead atoms. The number of rotatable bonds is 4. The number of piperazine rings is 1. The fourth-order valence-electron chi connectivity index (χ4n) is 3.98. The first-order valence-corrected chi connectivity index (χ1v) is 9.87. The van der Waals surface area contributed by atoms with E-state index in [0.29, 0.717) is 17.6 Å². The topological polar surface area (TPSA) is 100 Å². The first-order valence-electron chi connectivity index (χ1n) is 9.87. The van der Waals surface area contributed by atoms with E-state index in [-0.39, 0.29) is 25.3 Å². The molecule has 156 valence electrons. The van der Waals surface area contributed by atoms with Crippen molar-refractivity contribution < 1.29 is 18.7 Å². The summed E-state index contributed by atoms with van der Waals surface area (Å²) in [6.07, 6.45) is 0. The molecule has 2 aliphatic heterocycles.